The topological polar surface area (TPSA) is 38.7 Å². The van der Waals surface area contributed by atoms with Gasteiger partial charge in [0.15, 0.2) is 17.5 Å². The highest BCUT2D eigenvalue weighted by Crippen LogP contribution is 2.40. The van der Waals surface area contributed by atoms with Crippen LogP contribution in [0.4, 0.5) is 0 Å². The second kappa shape index (κ2) is 9.86. The van der Waals surface area contributed by atoms with Crippen molar-refractivity contribution in [2.75, 3.05) is 0 Å². The number of aromatic nitrogens is 3. The molecule has 1 heterocycles. The molecule has 0 spiro atoms. The van der Waals surface area contributed by atoms with Crippen molar-refractivity contribution in [3.05, 3.63) is 88.8 Å². The molecule has 3 rings (SSSR count). The van der Waals surface area contributed by atoms with Gasteiger partial charge >= 0.3 is 0 Å². The molecular weight excluding hydrogens is 507 g/mol. The third kappa shape index (κ3) is 6.84. The van der Waals surface area contributed by atoms with Gasteiger partial charge in [0.2, 0.25) is 7.59 Å². The summed E-state index contributed by atoms with van der Waals surface area (Å²) in [5.74, 6) is -0.0737. The summed E-state index contributed by atoms with van der Waals surface area (Å²) < 4.78 is -3.77. The molecule has 0 aliphatic heterocycles. The van der Waals surface area contributed by atoms with E-state index in [1.54, 1.807) is 12.2 Å². The summed E-state index contributed by atoms with van der Waals surface area (Å²) in [6, 6.07) is 17.9. The van der Waals surface area contributed by atoms with Crippen molar-refractivity contribution in [1.82, 2.24) is 15.0 Å². The highest BCUT2D eigenvalue weighted by Gasteiger charge is 2.33. The molecule has 154 valence electrons. The second-order valence-electron chi connectivity index (χ2n) is 6.08. The van der Waals surface area contributed by atoms with Crippen LogP contribution in [0.2, 0.25) is 0 Å². The maximum absolute atomic E-state index is 5.88. The summed E-state index contributed by atoms with van der Waals surface area (Å²) in [4.78, 5) is 12.2. The molecule has 2 aromatic carbocycles. The fourth-order valence-corrected chi connectivity index (χ4v) is 2.87. The largest absolute Gasteiger partial charge is 0.250 e. The van der Waals surface area contributed by atoms with Crippen LogP contribution in [0.15, 0.2) is 54.6 Å². The van der Waals surface area contributed by atoms with Crippen LogP contribution in [0.25, 0.3) is 24.3 Å². The van der Waals surface area contributed by atoms with Crippen LogP contribution in [-0.2, 0) is 7.59 Å². The van der Waals surface area contributed by atoms with E-state index < -0.39 is 7.59 Å². The molecule has 0 radical (unpaired) electrons. The monoisotopic (exact) mass is 517 g/mol. The van der Waals surface area contributed by atoms with Crippen molar-refractivity contribution in [2.45, 2.75) is 7.59 Å². The minimum absolute atomic E-state index is 0.134. The second-order valence-corrected chi connectivity index (χ2v) is 10.6. The van der Waals surface area contributed by atoms with E-state index >= 15 is 0 Å². The van der Waals surface area contributed by atoms with Crippen LogP contribution < -0.4 is 0 Å². The average molecular weight is 520 g/mol. The lowest BCUT2D eigenvalue weighted by Crippen LogP contribution is -2.16. The third-order valence-electron chi connectivity index (χ3n) is 3.79. The number of hydrogen-bond donors (Lipinski definition) is 0. The number of halogens is 6. The minimum Gasteiger partial charge on any atom is -0.209 e. The smallest absolute Gasteiger partial charge is 0.209 e. The summed E-state index contributed by atoms with van der Waals surface area (Å²) in [7, 11) is 0. The van der Waals surface area contributed by atoms with Crippen LogP contribution in [0, 0.1) is 0 Å². The van der Waals surface area contributed by atoms with Crippen molar-refractivity contribution in [3.8, 4) is 0 Å². The summed E-state index contributed by atoms with van der Waals surface area (Å²) in [5, 5.41) is 0. The Bertz CT molecular complexity index is 1020. The molecule has 0 saturated heterocycles. The lowest BCUT2D eigenvalue weighted by atomic mass is 10.1. The predicted molar refractivity (Wildman–Crippen MR) is 129 cm³/mol. The van der Waals surface area contributed by atoms with E-state index in [9.17, 15) is 0 Å². The maximum atomic E-state index is 5.88. The average Bonchev–Trinajstić information content (AvgIpc) is 2.71. The Morgan fingerprint density at radius 3 is 1.33 bits per heavy atom. The van der Waals surface area contributed by atoms with Gasteiger partial charge in [0.1, 0.15) is 0 Å². The van der Waals surface area contributed by atoms with Gasteiger partial charge < -0.3 is 0 Å². The van der Waals surface area contributed by atoms with Crippen molar-refractivity contribution in [1.29, 1.82) is 0 Å². The molecule has 0 aliphatic carbocycles. The molecule has 0 atom stereocenters. The Labute approximate surface area is 204 Å². The third-order valence-corrected chi connectivity index (χ3v) is 4.80. The molecule has 1 aromatic heterocycles. The van der Waals surface area contributed by atoms with Gasteiger partial charge in [0.05, 0.1) is 0 Å². The van der Waals surface area contributed by atoms with E-state index in [0.29, 0.717) is 0 Å². The number of hydrogen-bond acceptors (Lipinski definition) is 3. The Hall–Kier alpha value is -1.33. The minimum atomic E-state index is -1.89. The van der Waals surface area contributed by atoms with E-state index in [-0.39, 0.29) is 17.5 Å². The number of alkyl halides is 6. The van der Waals surface area contributed by atoms with Crippen molar-refractivity contribution in [3.63, 3.8) is 0 Å². The molecule has 0 saturated carbocycles. The summed E-state index contributed by atoms with van der Waals surface area (Å²) >= 11 is 35.3. The molecule has 9 heteroatoms. The van der Waals surface area contributed by atoms with Crippen molar-refractivity contribution >= 4 is 93.9 Å². The SMILES string of the molecule is ClC(Cl)(Cl)c1nc(/C=C/c2ccc(/C=C/c3ccccc3)cc2)nc(C(Cl)(Cl)Cl)n1. The zero-order valence-electron chi connectivity index (χ0n) is 15.1. The molecule has 3 aromatic rings. The molecule has 3 nitrogen and oxygen atoms in total. The highest BCUT2D eigenvalue weighted by atomic mass is 35.6. The van der Waals surface area contributed by atoms with Crippen LogP contribution >= 0.6 is 69.6 Å². The Kier molecular flexibility index (Phi) is 7.67. The highest BCUT2D eigenvalue weighted by molar-refractivity contribution is 6.67. The lowest BCUT2D eigenvalue weighted by Gasteiger charge is -2.14. The molecule has 0 amide bonds. The van der Waals surface area contributed by atoms with E-state index in [2.05, 4.69) is 15.0 Å². The van der Waals surface area contributed by atoms with Crippen molar-refractivity contribution in [2.24, 2.45) is 0 Å². The Morgan fingerprint density at radius 2 is 0.900 bits per heavy atom. The standard InChI is InChI=1S/C21H13Cl6N3/c22-20(23,24)18-28-17(29-19(30-18)21(25,26)27)13-12-16-10-8-15(9-11-16)7-6-14-4-2-1-3-5-14/h1-13H/b7-6+,13-12+. The van der Waals surface area contributed by atoms with Crippen LogP contribution in [0.5, 0.6) is 0 Å². The first-order valence-electron chi connectivity index (χ1n) is 8.53. The normalized spacial score (nSPS) is 12.7. The van der Waals surface area contributed by atoms with Crippen LogP contribution in [0.1, 0.15) is 34.2 Å². The molecule has 0 unspecified atom stereocenters. The molecule has 0 N–H and O–H groups in total. The molecule has 0 bridgehead atoms. The van der Waals surface area contributed by atoms with Crippen molar-refractivity contribution < 1.29 is 0 Å². The van der Waals surface area contributed by atoms with Gasteiger partial charge in [-0.3, -0.25) is 0 Å². The Morgan fingerprint density at radius 1 is 0.500 bits per heavy atom. The predicted octanol–water partition coefficient (Wildman–Crippen LogP) is 7.87. The number of benzene rings is 2. The number of rotatable bonds is 4. The van der Waals surface area contributed by atoms with Gasteiger partial charge in [0.25, 0.3) is 0 Å². The maximum Gasteiger partial charge on any atom is 0.250 e. The molecular formula is C21H13Cl6N3. The van der Waals surface area contributed by atoms with Gasteiger partial charge in [-0.25, -0.2) is 15.0 Å². The quantitative estimate of drug-likeness (QED) is 0.260. The van der Waals surface area contributed by atoms with Gasteiger partial charge in [0, 0.05) is 0 Å². The van der Waals surface area contributed by atoms with Gasteiger partial charge in [-0.1, -0.05) is 142 Å². The van der Waals surface area contributed by atoms with Gasteiger partial charge in [-0.2, -0.15) is 0 Å². The first kappa shape index (κ1) is 23.3. The van der Waals surface area contributed by atoms with Crippen LogP contribution in [0.3, 0.4) is 0 Å². The summed E-state index contributed by atoms with van der Waals surface area (Å²) in [6.07, 6.45) is 7.50. The molecule has 0 aliphatic rings. The van der Waals surface area contributed by atoms with E-state index in [1.807, 2.05) is 66.7 Å². The lowest BCUT2D eigenvalue weighted by molar-refractivity contribution is 0.835. The van der Waals surface area contributed by atoms with Crippen LogP contribution in [-0.4, -0.2) is 15.0 Å². The fraction of sp³-hybridized carbons (Fsp3) is 0.0952. The van der Waals surface area contributed by atoms with E-state index in [4.69, 9.17) is 69.6 Å². The first-order chi connectivity index (χ1) is 14.1. The zero-order valence-corrected chi connectivity index (χ0v) is 19.7. The molecule has 0 fully saturated rings. The fourth-order valence-electron chi connectivity index (χ4n) is 2.37. The molecule has 30 heavy (non-hydrogen) atoms. The number of nitrogens with zero attached hydrogens (tertiary/aromatic N) is 3. The zero-order chi connectivity index (χ0) is 21.8. The summed E-state index contributed by atoms with van der Waals surface area (Å²) in [5.41, 5.74) is 3.11. The van der Waals surface area contributed by atoms with E-state index in [1.165, 1.54) is 0 Å². The van der Waals surface area contributed by atoms with Gasteiger partial charge in [-0.05, 0) is 22.8 Å². The summed E-state index contributed by atoms with van der Waals surface area (Å²) in [6.45, 7) is 0. The van der Waals surface area contributed by atoms with E-state index in [0.717, 1.165) is 16.7 Å². The first-order valence-corrected chi connectivity index (χ1v) is 10.8. The Balaban J connectivity index is 1.80. The van der Waals surface area contributed by atoms with Gasteiger partial charge in [-0.15, -0.1) is 0 Å².